The normalized spacial score (nSPS) is 13.9. The molecular weight excluding hydrogens is 721 g/mol. The Hall–Kier alpha value is -1.54. The van der Waals surface area contributed by atoms with Crippen LogP contribution in [-0.2, 0) is 27.9 Å². The van der Waals surface area contributed by atoms with Gasteiger partial charge in [-0.25, -0.2) is 4.57 Å². The summed E-state index contributed by atoms with van der Waals surface area (Å²) in [6, 6.07) is 0. The second kappa shape index (κ2) is 44.6. The SMILES string of the molecule is CC/C=C\C/C=C\C/C=C\C/C=C\CCCCCCCCC(=O)OC(COCCCCCCCCCCCCCCCCCCCC)COP(=O)(O)OCCN. The summed E-state index contributed by atoms with van der Waals surface area (Å²) in [5, 5.41) is 0. The van der Waals surface area contributed by atoms with Crippen molar-refractivity contribution in [2.45, 2.75) is 213 Å². The molecule has 0 saturated heterocycles. The number of ether oxygens (including phenoxy) is 2. The van der Waals surface area contributed by atoms with Crippen LogP contribution in [0.2, 0.25) is 0 Å². The van der Waals surface area contributed by atoms with Gasteiger partial charge in [-0.05, 0) is 51.4 Å². The summed E-state index contributed by atoms with van der Waals surface area (Å²) in [5.74, 6) is -0.342. The Kier molecular flexibility index (Phi) is 43.3. The number of phosphoric acid groups is 1. The van der Waals surface area contributed by atoms with Gasteiger partial charge in [0.25, 0.3) is 0 Å². The van der Waals surface area contributed by atoms with E-state index in [-0.39, 0.29) is 32.3 Å². The minimum atomic E-state index is -4.28. The molecular formula is C47H88NO7P. The molecule has 0 amide bonds. The van der Waals surface area contributed by atoms with Crippen molar-refractivity contribution >= 4 is 13.8 Å². The zero-order chi connectivity index (χ0) is 40.9. The van der Waals surface area contributed by atoms with Crippen LogP contribution in [0.25, 0.3) is 0 Å². The molecule has 0 fully saturated rings. The van der Waals surface area contributed by atoms with Crippen LogP contribution in [0.5, 0.6) is 0 Å². The van der Waals surface area contributed by atoms with Crippen molar-refractivity contribution < 1.29 is 32.8 Å². The molecule has 0 aromatic rings. The highest BCUT2D eigenvalue weighted by molar-refractivity contribution is 7.47. The lowest BCUT2D eigenvalue weighted by molar-refractivity contribution is -0.154. The minimum Gasteiger partial charge on any atom is -0.457 e. The molecule has 56 heavy (non-hydrogen) atoms. The third kappa shape index (κ3) is 43.6. The second-order valence-corrected chi connectivity index (χ2v) is 16.7. The fourth-order valence-electron chi connectivity index (χ4n) is 6.40. The first-order chi connectivity index (χ1) is 27.4. The van der Waals surface area contributed by atoms with Gasteiger partial charge < -0.3 is 20.1 Å². The molecule has 2 atom stereocenters. The lowest BCUT2D eigenvalue weighted by atomic mass is 10.0. The van der Waals surface area contributed by atoms with Crippen LogP contribution in [0.4, 0.5) is 0 Å². The van der Waals surface area contributed by atoms with Crippen LogP contribution in [0.3, 0.4) is 0 Å². The molecule has 0 aliphatic heterocycles. The summed E-state index contributed by atoms with van der Waals surface area (Å²) in [6.45, 7) is 4.82. The molecule has 0 heterocycles. The quantitative estimate of drug-likeness (QED) is 0.0270. The lowest BCUT2D eigenvalue weighted by Gasteiger charge is -2.20. The molecule has 0 radical (unpaired) electrons. The number of nitrogens with two attached hydrogens (primary N) is 1. The number of hydrogen-bond donors (Lipinski definition) is 2. The van der Waals surface area contributed by atoms with Crippen molar-refractivity contribution in [1.29, 1.82) is 0 Å². The van der Waals surface area contributed by atoms with E-state index >= 15 is 0 Å². The van der Waals surface area contributed by atoms with Crippen molar-refractivity contribution in [3.05, 3.63) is 48.6 Å². The summed E-state index contributed by atoms with van der Waals surface area (Å²) in [4.78, 5) is 22.5. The summed E-state index contributed by atoms with van der Waals surface area (Å²) >= 11 is 0. The molecule has 9 heteroatoms. The predicted octanol–water partition coefficient (Wildman–Crippen LogP) is 14.0. The van der Waals surface area contributed by atoms with Crippen molar-refractivity contribution in [2.24, 2.45) is 5.73 Å². The third-order valence-electron chi connectivity index (χ3n) is 9.76. The fraction of sp³-hybridized carbons (Fsp3) is 0.809. The minimum absolute atomic E-state index is 0.0973. The third-order valence-corrected chi connectivity index (χ3v) is 10.7. The molecule has 0 aliphatic rings. The fourth-order valence-corrected chi connectivity index (χ4v) is 7.17. The zero-order valence-electron chi connectivity index (χ0n) is 36.4. The van der Waals surface area contributed by atoms with Crippen LogP contribution >= 0.6 is 7.82 Å². The van der Waals surface area contributed by atoms with Crippen LogP contribution in [-0.4, -0.2) is 49.9 Å². The zero-order valence-corrected chi connectivity index (χ0v) is 37.3. The van der Waals surface area contributed by atoms with Gasteiger partial charge in [0.1, 0.15) is 6.10 Å². The van der Waals surface area contributed by atoms with E-state index in [2.05, 4.69) is 62.5 Å². The van der Waals surface area contributed by atoms with Crippen molar-refractivity contribution in [3.63, 3.8) is 0 Å². The van der Waals surface area contributed by atoms with Crippen molar-refractivity contribution in [3.8, 4) is 0 Å². The maximum atomic E-state index is 12.6. The number of carbonyl (C=O) groups excluding carboxylic acids is 1. The molecule has 0 rings (SSSR count). The molecule has 8 nitrogen and oxygen atoms in total. The average molecular weight is 810 g/mol. The first-order valence-corrected chi connectivity index (χ1v) is 24.6. The van der Waals surface area contributed by atoms with E-state index < -0.39 is 13.9 Å². The number of rotatable bonds is 44. The Morgan fingerprint density at radius 3 is 1.50 bits per heavy atom. The number of carbonyl (C=O) groups is 1. The van der Waals surface area contributed by atoms with Gasteiger partial charge in [-0.3, -0.25) is 13.8 Å². The summed E-state index contributed by atoms with van der Waals surface area (Å²) in [7, 11) is -4.28. The Balaban J connectivity index is 4.01. The van der Waals surface area contributed by atoms with E-state index in [9.17, 15) is 14.3 Å². The average Bonchev–Trinajstić information content (AvgIpc) is 3.19. The summed E-state index contributed by atoms with van der Waals surface area (Å²) in [6.07, 6.45) is 52.7. The first kappa shape index (κ1) is 54.5. The van der Waals surface area contributed by atoms with Crippen LogP contribution in [0.1, 0.15) is 206 Å². The Bertz CT molecular complexity index is 999. The molecule has 328 valence electrons. The van der Waals surface area contributed by atoms with Gasteiger partial charge in [0.15, 0.2) is 0 Å². The molecule has 0 aromatic heterocycles. The largest absolute Gasteiger partial charge is 0.472 e. The topological polar surface area (TPSA) is 117 Å². The van der Waals surface area contributed by atoms with Crippen LogP contribution in [0, 0.1) is 0 Å². The molecule has 3 N–H and O–H groups in total. The van der Waals surface area contributed by atoms with E-state index in [0.717, 1.165) is 70.6 Å². The van der Waals surface area contributed by atoms with Crippen LogP contribution in [0.15, 0.2) is 48.6 Å². The monoisotopic (exact) mass is 810 g/mol. The number of phosphoric ester groups is 1. The highest BCUT2D eigenvalue weighted by Gasteiger charge is 2.25. The lowest BCUT2D eigenvalue weighted by Crippen LogP contribution is -2.28. The second-order valence-electron chi connectivity index (χ2n) is 15.2. The predicted molar refractivity (Wildman–Crippen MR) is 238 cm³/mol. The van der Waals surface area contributed by atoms with Gasteiger partial charge in [0.05, 0.1) is 19.8 Å². The van der Waals surface area contributed by atoms with Gasteiger partial charge in [0.2, 0.25) is 0 Å². The van der Waals surface area contributed by atoms with Gasteiger partial charge >= 0.3 is 13.8 Å². The number of unbranched alkanes of at least 4 members (excludes halogenated alkanes) is 23. The Morgan fingerprint density at radius 1 is 0.554 bits per heavy atom. The molecule has 0 bridgehead atoms. The summed E-state index contributed by atoms with van der Waals surface area (Å²) in [5.41, 5.74) is 5.38. The molecule has 0 spiro atoms. The smallest absolute Gasteiger partial charge is 0.457 e. The van der Waals surface area contributed by atoms with Crippen molar-refractivity contribution in [1.82, 2.24) is 0 Å². The van der Waals surface area contributed by atoms with Crippen molar-refractivity contribution in [2.75, 3.05) is 33.0 Å². The van der Waals surface area contributed by atoms with Crippen LogP contribution < -0.4 is 5.73 Å². The molecule has 0 aliphatic carbocycles. The van der Waals surface area contributed by atoms with E-state index in [1.807, 2.05) is 0 Å². The van der Waals surface area contributed by atoms with E-state index in [4.69, 9.17) is 24.3 Å². The summed E-state index contributed by atoms with van der Waals surface area (Å²) < 4.78 is 33.5. The van der Waals surface area contributed by atoms with E-state index in [0.29, 0.717) is 13.0 Å². The Labute approximate surface area is 345 Å². The van der Waals surface area contributed by atoms with Gasteiger partial charge in [-0.2, -0.15) is 0 Å². The number of hydrogen-bond acceptors (Lipinski definition) is 7. The van der Waals surface area contributed by atoms with Gasteiger partial charge in [-0.1, -0.05) is 197 Å². The van der Waals surface area contributed by atoms with Gasteiger partial charge in [0, 0.05) is 19.6 Å². The molecule has 0 saturated carbocycles. The van der Waals surface area contributed by atoms with E-state index in [1.165, 1.54) is 116 Å². The highest BCUT2D eigenvalue weighted by Crippen LogP contribution is 2.43. The first-order valence-electron chi connectivity index (χ1n) is 23.1. The standard InChI is InChI=1S/C47H88NO7P/c1-3-5-7-9-11-13-15-17-19-21-23-24-26-28-30-32-34-36-38-40-47(49)55-46(45-54-56(50,51)53-43-41-48)44-52-42-39-37-35-33-31-29-27-25-22-20-18-16-14-12-10-8-6-4-2/h5,7,11,13,17,19,23-24,46H,3-4,6,8-10,12,14-16,18,20-22,25-45,48H2,1-2H3,(H,50,51)/b7-5-,13-11-,19-17-,24-23-. The molecule has 0 aromatic carbocycles. The molecule has 2 unspecified atom stereocenters. The van der Waals surface area contributed by atoms with E-state index in [1.54, 1.807) is 0 Å². The number of esters is 1. The highest BCUT2D eigenvalue weighted by atomic mass is 31.2. The maximum absolute atomic E-state index is 12.6. The Morgan fingerprint density at radius 2 is 1.00 bits per heavy atom. The number of allylic oxidation sites excluding steroid dienone is 8. The maximum Gasteiger partial charge on any atom is 0.472 e. The van der Waals surface area contributed by atoms with Gasteiger partial charge in [-0.15, -0.1) is 0 Å².